The van der Waals surface area contributed by atoms with Gasteiger partial charge >= 0.3 is 0 Å². The molecule has 0 N–H and O–H groups in total. The number of benzene rings is 9. The van der Waals surface area contributed by atoms with Gasteiger partial charge in [0.15, 0.2) is 11.2 Å². The van der Waals surface area contributed by atoms with Crippen LogP contribution in [0.1, 0.15) is 25.0 Å². The van der Waals surface area contributed by atoms with Gasteiger partial charge in [0.1, 0.15) is 22.2 Å². The molecular formula is C59H38N2O3. The molecule has 0 fully saturated rings. The molecule has 1 aliphatic carbocycles. The summed E-state index contributed by atoms with van der Waals surface area (Å²) in [6, 6.07) is 68.4. The van der Waals surface area contributed by atoms with E-state index in [4.69, 9.17) is 23.2 Å². The summed E-state index contributed by atoms with van der Waals surface area (Å²) in [6.45, 7) is 4.66. The molecule has 5 nitrogen and oxygen atoms in total. The van der Waals surface area contributed by atoms with Crippen molar-refractivity contribution in [2.75, 3.05) is 0 Å². The Morgan fingerprint density at radius 2 is 0.781 bits per heavy atom. The van der Waals surface area contributed by atoms with Crippen molar-refractivity contribution < 1.29 is 13.3 Å². The summed E-state index contributed by atoms with van der Waals surface area (Å²) in [5.41, 5.74) is 21.0. The van der Waals surface area contributed by atoms with Crippen molar-refractivity contribution in [3.8, 4) is 78.5 Å². The molecule has 13 rings (SSSR count). The van der Waals surface area contributed by atoms with Gasteiger partial charge in [0.2, 0.25) is 11.8 Å². The Bertz CT molecular complexity index is 3610. The molecule has 64 heavy (non-hydrogen) atoms. The summed E-state index contributed by atoms with van der Waals surface area (Å²) < 4.78 is 18.6. The second-order valence-electron chi connectivity index (χ2n) is 17.4. The highest BCUT2D eigenvalue weighted by atomic mass is 16.4. The molecule has 0 saturated carbocycles. The quantitative estimate of drug-likeness (QED) is 0.167. The second kappa shape index (κ2) is 13.9. The van der Waals surface area contributed by atoms with Gasteiger partial charge in [-0.3, -0.25) is 0 Å². The largest absolute Gasteiger partial charge is 0.456 e. The Hall–Kier alpha value is -8.28. The predicted molar refractivity (Wildman–Crippen MR) is 259 cm³/mol. The molecular weight excluding hydrogens is 785 g/mol. The van der Waals surface area contributed by atoms with Gasteiger partial charge in [-0.15, -0.1) is 0 Å². The molecule has 0 aliphatic heterocycles. The van der Waals surface area contributed by atoms with E-state index in [1.54, 1.807) is 0 Å². The molecule has 3 heterocycles. The van der Waals surface area contributed by atoms with E-state index in [0.29, 0.717) is 11.8 Å². The van der Waals surface area contributed by atoms with Crippen LogP contribution in [0.5, 0.6) is 0 Å². The van der Waals surface area contributed by atoms with Crippen molar-refractivity contribution >= 4 is 44.1 Å². The van der Waals surface area contributed by atoms with E-state index in [1.165, 1.54) is 33.4 Å². The molecule has 0 bridgehead atoms. The topological polar surface area (TPSA) is 65.2 Å². The Morgan fingerprint density at radius 3 is 1.39 bits per heavy atom. The molecule has 9 aromatic carbocycles. The maximum absolute atomic E-state index is 6.35. The number of para-hydroxylation sites is 5. The van der Waals surface area contributed by atoms with Crippen molar-refractivity contribution in [2.24, 2.45) is 0 Å². The average Bonchev–Trinajstić information content (AvgIpc) is 4.12. The second-order valence-corrected chi connectivity index (χ2v) is 17.4. The first-order chi connectivity index (χ1) is 31.4. The summed E-state index contributed by atoms with van der Waals surface area (Å²) in [4.78, 5) is 9.48. The number of rotatable bonds is 6. The fourth-order valence-electron chi connectivity index (χ4n) is 9.74. The van der Waals surface area contributed by atoms with Crippen LogP contribution in [0.25, 0.3) is 123 Å². The van der Waals surface area contributed by atoms with Gasteiger partial charge in [0.25, 0.3) is 0 Å². The Balaban J connectivity index is 0.886. The number of hydrogen-bond donors (Lipinski definition) is 0. The van der Waals surface area contributed by atoms with E-state index in [1.807, 2.05) is 54.6 Å². The smallest absolute Gasteiger partial charge is 0.227 e. The highest BCUT2D eigenvalue weighted by Crippen LogP contribution is 2.52. The van der Waals surface area contributed by atoms with Gasteiger partial charge < -0.3 is 13.3 Å². The van der Waals surface area contributed by atoms with Gasteiger partial charge in [-0.2, -0.15) is 0 Å². The number of oxazole rings is 2. The molecule has 0 spiro atoms. The van der Waals surface area contributed by atoms with Crippen LogP contribution in [-0.2, 0) is 5.41 Å². The Labute approximate surface area is 368 Å². The summed E-state index contributed by atoms with van der Waals surface area (Å²) >= 11 is 0. The third kappa shape index (κ3) is 5.85. The van der Waals surface area contributed by atoms with Crippen molar-refractivity contribution in [2.45, 2.75) is 19.3 Å². The molecule has 0 atom stereocenters. The molecule has 302 valence electrons. The van der Waals surface area contributed by atoms with Gasteiger partial charge in [-0.1, -0.05) is 111 Å². The first-order valence-corrected chi connectivity index (χ1v) is 21.7. The SMILES string of the molecule is CC1(C)c2cc(-c3cccc(-c4cc(-c5ccc(-c6nc7ccccc7o6)cc5)cc(-c5ccc(-c6nc7ccccc7o6)cc5)c4)c3)ccc2-c2cc3c(cc21)oc1ccccc13. The van der Waals surface area contributed by atoms with Crippen LogP contribution >= 0.6 is 0 Å². The lowest BCUT2D eigenvalue weighted by atomic mass is 9.81. The lowest BCUT2D eigenvalue weighted by molar-refractivity contribution is 0.619. The van der Waals surface area contributed by atoms with Gasteiger partial charge in [-0.05, 0) is 164 Å². The van der Waals surface area contributed by atoms with E-state index in [2.05, 4.69) is 153 Å². The molecule has 0 amide bonds. The summed E-state index contributed by atoms with van der Waals surface area (Å²) in [7, 11) is 0. The monoisotopic (exact) mass is 822 g/mol. The summed E-state index contributed by atoms with van der Waals surface area (Å²) in [5, 5.41) is 2.32. The van der Waals surface area contributed by atoms with Crippen LogP contribution in [-0.4, -0.2) is 9.97 Å². The Kier molecular flexibility index (Phi) is 7.88. The van der Waals surface area contributed by atoms with E-state index in [0.717, 1.165) is 88.6 Å². The van der Waals surface area contributed by atoms with Crippen molar-refractivity contribution in [1.29, 1.82) is 0 Å². The van der Waals surface area contributed by atoms with Crippen molar-refractivity contribution in [1.82, 2.24) is 9.97 Å². The maximum atomic E-state index is 6.35. The van der Waals surface area contributed by atoms with Crippen LogP contribution < -0.4 is 0 Å². The van der Waals surface area contributed by atoms with Crippen LogP contribution in [0.2, 0.25) is 0 Å². The highest BCUT2D eigenvalue weighted by molar-refractivity contribution is 6.08. The van der Waals surface area contributed by atoms with Crippen molar-refractivity contribution in [3.63, 3.8) is 0 Å². The zero-order valence-corrected chi connectivity index (χ0v) is 35.1. The Morgan fingerprint density at radius 1 is 0.312 bits per heavy atom. The van der Waals surface area contributed by atoms with Crippen LogP contribution in [0.3, 0.4) is 0 Å². The van der Waals surface area contributed by atoms with Crippen LogP contribution in [0, 0.1) is 0 Å². The average molecular weight is 823 g/mol. The lowest BCUT2D eigenvalue weighted by Gasteiger charge is -2.22. The fraction of sp³-hybridized carbons (Fsp3) is 0.0508. The van der Waals surface area contributed by atoms with Crippen molar-refractivity contribution in [3.05, 3.63) is 205 Å². The van der Waals surface area contributed by atoms with E-state index in [9.17, 15) is 0 Å². The minimum atomic E-state index is -0.194. The third-order valence-electron chi connectivity index (χ3n) is 13.2. The first-order valence-electron chi connectivity index (χ1n) is 21.7. The number of nitrogens with zero attached hydrogens (tertiary/aromatic N) is 2. The molecule has 0 unspecified atom stereocenters. The highest BCUT2D eigenvalue weighted by Gasteiger charge is 2.36. The lowest BCUT2D eigenvalue weighted by Crippen LogP contribution is -2.15. The number of hydrogen-bond acceptors (Lipinski definition) is 5. The summed E-state index contributed by atoms with van der Waals surface area (Å²) in [5.74, 6) is 1.22. The minimum Gasteiger partial charge on any atom is -0.456 e. The maximum Gasteiger partial charge on any atom is 0.227 e. The zero-order valence-electron chi connectivity index (χ0n) is 35.1. The zero-order chi connectivity index (χ0) is 42.5. The van der Waals surface area contributed by atoms with Crippen LogP contribution in [0.15, 0.2) is 207 Å². The van der Waals surface area contributed by atoms with Gasteiger partial charge in [0.05, 0.1) is 0 Å². The summed E-state index contributed by atoms with van der Waals surface area (Å²) in [6.07, 6.45) is 0. The van der Waals surface area contributed by atoms with E-state index in [-0.39, 0.29) is 5.41 Å². The standard InChI is InChI=1S/C59H38N2O3/c1-59(2)49-32-41(26-27-45(49)47-33-48-46-12-3-6-15-53(46)62-56(48)34-50(47)59)39-10-9-11-40(28-39)44-30-42(35-18-22-37(23-19-35)57-60-51-13-4-7-16-54(51)63-57)29-43(31-44)36-20-24-38(25-21-36)58-61-52-14-5-8-17-55(52)64-58/h3-34H,1-2H3. The molecule has 1 aliphatic rings. The van der Waals surface area contributed by atoms with E-state index < -0.39 is 0 Å². The molecule has 5 heteroatoms. The normalized spacial score (nSPS) is 13.0. The molecule has 12 aromatic rings. The predicted octanol–water partition coefficient (Wildman–Crippen LogP) is 16.2. The molecule has 0 radical (unpaired) electrons. The molecule has 0 saturated heterocycles. The van der Waals surface area contributed by atoms with Gasteiger partial charge in [-0.25, -0.2) is 9.97 Å². The number of fused-ring (bicyclic) bond motifs is 8. The number of aromatic nitrogens is 2. The third-order valence-corrected chi connectivity index (χ3v) is 13.2. The fourth-order valence-corrected chi connectivity index (χ4v) is 9.74. The van der Waals surface area contributed by atoms with Gasteiger partial charge in [0, 0.05) is 27.3 Å². The van der Waals surface area contributed by atoms with Crippen LogP contribution in [0.4, 0.5) is 0 Å². The first kappa shape index (κ1) is 36.4. The minimum absolute atomic E-state index is 0.194. The number of furan rings is 1. The molecule has 3 aromatic heterocycles. The van der Waals surface area contributed by atoms with E-state index >= 15 is 0 Å².